The predicted molar refractivity (Wildman–Crippen MR) is 57.3 cm³/mol. The second-order valence-corrected chi connectivity index (χ2v) is 3.45. The second kappa shape index (κ2) is 5.03. The maximum Gasteiger partial charge on any atom is 0.416 e. The molecule has 92 valence electrons. The summed E-state index contributed by atoms with van der Waals surface area (Å²) in [5.74, 6) is -1.12. The van der Waals surface area contributed by atoms with Gasteiger partial charge in [0.25, 0.3) is 0 Å². The molecule has 1 rings (SSSR count). The third kappa shape index (κ3) is 3.62. The van der Waals surface area contributed by atoms with Crippen LogP contribution in [0.5, 0.6) is 0 Å². The van der Waals surface area contributed by atoms with Crippen molar-refractivity contribution in [3.8, 4) is 0 Å². The molecule has 1 N–H and O–H groups in total. The minimum absolute atomic E-state index is 0.0734. The Bertz CT molecular complexity index is 447. The molecule has 0 atom stereocenters. The molecular weight excluding hydrogens is 233 g/mol. The minimum Gasteiger partial charge on any atom is -0.478 e. The Balaban J connectivity index is 3.12. The number of carbonyl (C=O) groups is 1. The summed E-state index contributed by atoms with van der Waals surface area (Å²) in [7, 11) is 0. The molecule has 0 aliphatic carbocycles. The van der Waals surface area contributed by atoms with Crippen molar-refractivity contribution in [3.05, 3.63) is 41.0 Å². The highest BCUT2D eigenvalue weighted by molar-refractivity contribution is 5.92. The summed E-state index contributed by atoms with van der Waals surface area (Å²) in [6, 6.07) is 4.57. The molecule has 0 spiro atoms. The topological polar surface area (TPSA) is 37.3 Å². The first-order valence-corrected chi connectivity index (χ1v) is 4.95. The number of alkyl halides is 3. The van der Waals surface area contributed by atoms with Crippen molar-refractivity contribution < 1.29 is 23.1 Å². The summed E-state index contributed by atoms with van der Waals surface area (Å²) in [6.07, 6.45) is -2.91. The lowest BCUT2D eigenvalue weighted by molar-refractivity contribution is -0.137. The van der Waals surface area contributed by atoms with Crippen LogP contribution in [-0.4, -0.2) is 11.1 Å². The highest BCUT2D eigenvalue weighted by Gasteiger charge is 2.30. The molecule has 5 heteroatoms. The molecule has 2 nitrogen and oxygen atoms in total. The average molecular weight is 244 g/mol. The number of aliphatic carboxylic acids is 1. The van der Waals surface area contributed by atoms with Crippen LogP contribution < -0.4 is 0 Å². The number of benzene rings is 1. The first-order chi connectivity index (χ1) is 7.84. The molecule has 0 saturated carbocycles. The molecule has 0 aromatic heterocycles. The minimum atomic E-state index is -4.42. The van der Waals surface area contributed by atoms with E-state index in [9.17, 15) is 18.0 Å². The summed E-state index contributed by atoms with van der Waals surface area (Å²) in [5.41, 5.74) is -0.476. The van der Waals surface area contributed by atoms with Gasteiger partial charge in [0.15, 0.2) is 0 Å². The summed E-state index contributed by atoms with van der Waals surface area (Å²) < 4.78 is 37.2. The van der Waals surface area contributed by atoms with E-state index < -0.39 is 17.7 Å². The number of carboxylic acid groups (broad SMARTS) is 1. The molecule has 0 heterocycles. The van der Waals surface area contributed by atoms with Crippen molar-refractivity contribution in [2.45, 2.75) is 19.5 Å². The molecule has 17 heavy (non-hydrogen) atoms. The van der Waals surface area contributed by atoms with Crippen molar-refractivity contribution in [1.29, 1.82) is 0 Å². The maximum atomic E-state index is 12.4. The molecular formula is C12H11F3O2. The van der Waals surface area contributed by atoms with Crippen molar-refractivity contribution >= 4 is 12.0 Å². The maximum absolute atomic E-state index is 12.4. The summed E-state index contributed by atoms with van der Waals surface area (Å²) in [4.78, 5) is 10.7. The zero-order valence-electron chi connectivity index (χ0n) is 9.08. The Morgan fingerprint density at radius 3 is 2.53 bits per heavy atom. The molecule has 0 fully saturated rings. The summed E-state index contributed by atoms with van der Waals surface area (Å²) in [5, 5.41) is 8.77. The molecule has 0 aliphatic rings. The number of hydrogen-bond donors (Lipinski definition) is 1. The molecule has 0 saturated heterocycles. The van der Waals surface area contributed by atoms with Gasteiger partial charge < -0.3 is 5.11 Å². The normalized spacial score (nSPS) is 12.6. The van der Waals surface area contributed by atoms with E-state index in [0.717, 1.165) is 12.1 Å². The van der Waals surface area contributed by atoms with Gasteiger partial charge in [0.05, 0.1) is 5.56 Å². The largest absolute Gasteiger partial charge is 0.478 e. The van der Waals surface area contributed by atoms with Gasteiger partial charge in [0.2, 0.25) is 0 Å². The average Bonchev–Trinajstić information content (AvgIpc) is 2.24. The Hall–Kier alpha value is -1.78. The monoisotopic (exact) mass is 244 g/mol. The van der Waals surface area contributed by atoms with Gasteiger partial charge in [0, 0.05) is 5.57 Å². The molecule has 1 aromatic rings. The lowest BCUT2D eigenvalue weighted by Gasteiger charge is -2.07. The van der Waals surface area contributed by atoms with Gasteiger partial charge in [-0.05, 0) is 30.2 Å². The fourth-order valence-electron chi connectivity index (χ4n) is 1.32. The molecule has 0 aliphatic heterocycles. The van der Waals surface area contributed by atoms with E-state index in [0.29, 0.717) is 0 Å². The van der Waals surface area contributed by atoms with Gasteiger partial charge in [-0.3, -0.25) is 0 Å². The van der Waals surface area contributed by atoms with Crippen LogP contribution in [0.15, 0.2) is 29.8 Å². The highest BCUT2D eigenvalue weighted by Crippen LogP contribution is 2.30. The lowest BCUT2D eigenvalue weighted by Crippen LogP contribution is -2.05. The van der Waals surface area contributed by atoms with Gasteiger partial charge in [0.1, 0.15) is 0 Å². The number of carboxylic acids is 1. The Morgan fingerprint density at radius 2 is 2.06 bits per heavy atom. The van der Waals surface area contributed by atoms with Crippen LogP contribution in [0, 0.1) is 0 Å². The van der Waals surface area contributed by atoms with E-state index in [-0.39, 0.29) is 17.6 Å². The highest BCUT2D eigenvalue weighted by atomic mass is 19.4. The number of hydrogen-bond acceptors (Lipinski definition) is 1. The first kappa shape index (κ1) is 13.3. The van der Waals surface area contributed by atoms with Gasteiger partial charge in [-0.1, -0.05) is 19.1 Å². The first-order valence-electron chi connectivity index (χ1n) is 4.95. The predicted octanol–water partition coefficient (Wildman–Crippen LogP) is 3.58. The SMILES string of the molecule is CC/C(=C\c1cccc(C(F)(F)F)c1)C(=O)O. The quantitative estimate of drug-likeness (QED) is 0.825. The van der Waals surface area contributed by atoms with Crippen LogP contribution in [-0.2, 0) is 11.0 Å². The summed E-state index contributed by atoms with van der Waals surface area (Å²) in [6.45, 7) is 1.63. The molecule has 0 amide bonds. The molecule has 1 aromatic carbocycles. The van der Waals surface area contributed by atoms with Crippen LogP contribution in [0.4, 0.5) is 13.2 Å². The van der Waals surface area contributed by atoms with E-state index in [1.165, 1.54) is 18.2 Å². The Labute approximate surface area is 96.4 Å². The van der Waals surface area contributed by atoms with E-state index in [4.69, 9.17) is 5.11 Å². The Morgan fingerprint density at radius 1 is 1.41 bits per heavy atom. The van der Waals surface area contributed by atoms with Crippen molar-refractivity contribution in [2.75, 3.05) is 0 Å². The van der Waals surface area contributed by atoms with Crippen LogP contribution >= 0.6 is 0 Å². The summed E-state index contributed by atoms with van der Waals surface area (Å²) >= 11 is 0. The van der Waals surface area contributed by atoms with E-state index in [2.05, 4.69) is 0 Å². The van der Waals surface area contributed by atoms with Crippen LogP contribution in [0.25, 0.3) is 6.08 Å². The standard InChI is InChI=1S/C12H11F3O2/c1-2-9(11(16)17)6-8-4-3-5-10(7-8)12(13,14)15/h3-7H,2H2,1H3,(H,16,17)/b9-6+. The van der Waals surface area contributed by atoms with E-state index in [1.54, 1.807) is 6.92 Å². The third-order valence-electron chi connectivity index (χ3n) is 2.21. The number of rotatable bonds is 3. The second-order valence-electron chi connectivity index (χ2n) is 3.45. The van der Waals surface area contributed by atoms with Crippen LogP contribution in [0.1, 0.15) is 24.5 Å². The van der Waals surface area contributed by atoms with Crippen LogP contribution in [0.3, 0.4) is 0 Å². The molecule has 0 bridgehead atoms. The van der Waals surface area contributed by atoms with Crippen molar-refractivity contribution in [1.82, 2.24) is 0 Å². The molecule has 0 unspecified atom stereocenters. The van der Waals surface area contributed by atoms with Gasteiger partial charge >= 0.3 is 12.1 Å². The van der Waals surface area contributed by atoms with Gasteiger partial charge in [-0.2, -0.15) is 13.2 Å². The fraction of sp³-hybridized carbons (Fsp3) is 0.250. The van der Waals surface area contributed by atoms with Gasteiger partial charge in [-0.25, -0.2) is 4.79 Å². The zero-order valence-corrected chi connectivity index (χ0v) is 9.08. The van der Waals surface area contributed by atoms with Gasteiger partial charge in [-0.15, -0.1) is 0 Å². The van der Waals surface area contributed by atoms with Crippen molar-refractivity contribution in [2.24, 2.45) is 0 Å². The zero-order chi connectivity index (χ0) is 13.1. The van der Waals surface area contributed by atoms with Crippen molar-refractivity contribution in [3.63, 3.8) is 0 Å². The van der Waals surface area contributed by atoms with E-state index >= 15 is 0 Å². The Kier molecular flexibility index (Phi) is 3.93. The smallest absolute Gasteiger partial charge is 0.416 e. The fourth-order valence-corrected chi connectivity index (χ4v) is 1.32. The van der Waals surface area contributed by atoms with Crippen LogP contribution in [0.2, 0.25) is 0 Å². The third-order valence-corrected chi connectivity index (χ3v) is 2.21. The van der Waals surface area contributed by atoms with E-state index in [1.807, 2.05) is 0 Å². The number of halogens is 3. The molecule has 0 radical (unpaired) electrons. The lowest BCUT2D eigenvalue weighted by atomic mass is 10.1.